The lowest BCUT2D eigenvalue weighted by Gasteiger charge is -2.24. The average molecular weight is 224 g/mol. The molecular formula is C13H14F2O. The highest BCUT2D eigenvalue weighted by Gasteiger charge is 2.27. The number of fused-ring (bicyclic) bond motifs is 1. The van der Waals surface area contributed by atoms with Crippen molar-refractivity contribution in [1.82, 2.24) is 0 Å². The molecule has 1 nitrogen and oxygen atoms in total. The van der Waals surface area contributed by atoms with Gasteiger partial charge < -0.3 is 4.74 Å². The summed E-state index contributed by atoms with van der Waals surface area (Å²) in [5.74, 6) is -1.95. The molecule has 0 saturated heterocycles. The summed E-state index contributed by atoms with van der Waals surface area (Å²) >= 11 is 0. The molecule has 0 radical (unpaired) electrons. The van der Waals surface area contributed by atoms with Crippen LogP contribution < -0.4 is 4.74 Å². The standard InChI is InChI=1S/C13H14F2O/c1-3-9-6-10-4-5-11(13(2,14)15)7-12(10)16-8-9/h3-5,7,9H,1,6,8H2,2H3. The lowest BCUT2D eigenvalue weighted by Crippen LogP contribution is -2.19. The summed E-state index contributed by atoms with van der Waals surface area (Å²) in [5, 5.41) is 0. The Morgan fingerprint density at radius 1 is 1.50 bits per heavy atom. The van der Waals surface area contributed by atoms with E-state index in [1.807, 2.05) is 6.08 Å². The predicted molar refractivity (Wildman–Crippen MR) is 58.9 cm³/mol. The van der Waals surface area contributed by atoms with Gasteiger partial charge in [0.2, 0.25) is 0 Å². The van der Waals surface area contributed by atoms with Gasteiger partial charge in [-0.05, 0) is 18.1 Å². The van der Waals surface area contributed by atoms with Crippen molar-refractivity contribution < 1.29 is 13.5 Å². The Kier molecular flexibility index (Phi) is 2.70. The van der Waals surface area contributed by atoms with Gasteiger partial charge in [-0.2, -0.15) is 0 Å². The molecule has 0 spiro atoms. The molecule has 1 aromatic carbocycles. The highest BCUT2D eigenvalue weighted by Crippen LogP contribution is 2.34. The van der Waals surface area contributed by atoms with Crippen LogP contribution in [0.5, 0.6) is 5.75 Å². The fraction of sp³-hybridized carbons (Fsp3) is 0.385. The highest BCUT2D eigenvalue weighted by atomic mass is 19.3. The van der Waals surface area contributed by atoms with E-state index in [1.165, 1.54) is 12.1 Å². The van der Waals surface area contributed by atoms with E-state index in [1.54, 1.807) is 6.07 Å². The van der Waals surface area contributed by atoms with Crippen molar-refractivity contribution in [3.8, 4) is 5.75 Å². The Morgan fingerprint density at radius 2 is 2.25 bits per heavy atom. The highest BCUT2D eigenvalue weighted by molar-refractivity contribution is 5.40. The number of benzene rings is 1. The summed E-state index contributed by atoms with van der Waals surface area (Å²) < 4.78 is 31.6. The maximum absolute atomic E-state index is 13.1. The summed E-state index contributed by atoms with van der Waals surface area (Å²) in [6.45, 7) is 5.13. The lowest BCUT2D eigenvalue weighted by atomic mass is 9.95. The normalized spacial score (nSPS) is 19.8. The Labute approximate surface area is 93.7 Å². The van der Waals surface area contributed by atoms with E-state index < -0.39 is 5.92 Å². The molecule has 0 saturated carbocycles. The monoisotopic (exact) mass is 224 g/mol. The Balaban J connectivity index is 2.31. The van der Waals surface area contributed by atoms with Gasteiger partial charge in [-0.25, -0.2) is 8.78 Å². The summed E-state index contributed by atoms with van der Waals surface area (Å²) in [6.07, 6.45) is 2.65. The van der Waals surface area contributed by atoms with Crippen LogP contribution in [-0.2, 0) is 12.3 Å². The van der Waals surface area contributed by atoms with Gasteiger partial charge in [0.25, 0.3) is 5.92 Å². The van der Waals surface area contributed by atoms with Crippen molar-refractivity contribution in [3.63, 3.8) is 0 Å². The van der Waals surface area contributed by atoms with E-state index in [0.29, 0.717) is 12.4 Å². The van der Waals surface area contributed by atoms with Crippen LogP contribution in [-0.4, -0.2) is 6.61 Å². The van der Waals surface area contributed by atoms with E-state index in [-0.39, 0.29) is 11.5 Å². The molecular weight excluding hydrogens is 210 g/mol. The third-order valence-electron chi connectivity index (χ3n) is 2.84. The molecule has 16 heavy (non-hydrogen) atoms. The molecule has 3 heteroatoms. The molecule has 0 aromatic heterocycles. The van der Waals surface area contributed by atoms with Crippen LogP contribution in [0.1, 0.15) is 18.1 Å². The summed E-state index contributed by atoms with van der Waals surface area (Å²) in [5.41, 5.74) is 0.979. The van der Waals surface area contributed by atoms with Gasteiger partial charge in [0.05, 0.1) is 6.61 Å². The van der Waals surface area contributed by atoms with Crippen LogP contribution in [0.2, 0.25) is 0 Å². The van der Waals surface area contributed by atoms with Crippen molar-refractivity contribution in [3.05, 3.63) is 42.0 Å². The maximum Gasteiger partial charge on any atom is 0.270 e. The summed E-state index contributed by atoms with van der Waals surface area (Å²) in [4.78, 5) is 0. The fourth-order valence-electron chi connectivity index (χ4n) is 1.82. The minimum atomic E-state index is -2.81. The molecule has 2 rings (SSSR count). The molecule has 0 bridgehead atoms. The molecule has 0 N–H and O–H groups in total. The molecule has 1 heterocycles. The molecule has 0 fully saturated rings. The van der Waals surface area contributed by atoms with E-state index in [4.69, 9.17) is 4.74 Å². The van der Waals surface area contributed by atoms with E-state index in [9.17, 15) is 8.78 Å². The Hall–Kier alpha value is -1.38. The minimum Gasteiger partial charge on any atom is -0.493 e. The first-order chi connectivity index (χ1) is 7.50. The van der Waals surface area contributed by atoms with Crippen LogP contribution in [0.25, 0.3) is 0 Å². The van der Waals surface area contributed by atoms with E-state index in [2.05, 4.69) is 6.58 Å². The minimum absolute atomic E-state index is 0.00306. The third kappa shape index (κ3) is 2.08. The van der Waals surface area contributed by atoms with Crippen molar-refractivity contribution in [1.29, 1.82) is 0 Å². The van der Waals surface area contributed by atoms with Gasteiger partial charge in [-0.15, -0.1) is 6.58 Å². The topological polar surface area (TPSA) is 9.23 Å². The Morgan fingerprint density at radius 3 is 2.88 bits per heavy atom. The zero-order valence-corrected chi connectivity index (χ0v) is 9.17. The second kappa shape index (κ2) is 3.89. The molecule has 1 atom stereocenters. The zero-order chi connectivity index (χ0) is 11.8. The number of hydrogen-bond donors (Lipinski definition) is 0. The smallest absolute Gasteiger partial charge is 0.270 e. The van der Waals surface area contributed by atoms with E-state index >= 15 is 0 Å². The zero-order valence-electron chi connectivity index (χ0n) is 9.17. The van der Waals surface area contributed by atoms with Gasteiger partial charge in [-0.1, -0.05) is 18.2 Å². The quantitative estimate of drug-likeness (QED) is 0.698. The molecule has 0 aliphatic carbocycles. The van der Waals surface area contributed by atoms with Crippen molar-refractivity contribution >= 4 is 0 Å². The van der Waals surface area contributed by atoms with Gasteiger partial charge in [0, 0.05) is 18.4 Å². The molecule has 1 aliphatic heterocycles. The van der Waals surface area contributed by atoms with Crippen molar-refractivity contribution in [2.24, 2.45) is 5.92 Å². The number of rotatable bonds is 2. The molecule has 86 valence electrons. The van der Waals surface area contributed by atoms with Gasteiger partial charge in [0.1, 0.15) is 5.75 Å². The number of halogens is 2. The Bertz CT molecular complexity index is 407. The summed E-state index contributed by atoms with van der Waals surface area (Å²) in [6, 6.07) is 4.63. The van der Waals surface area contributed by atoms with Crippen LogP contribution in [0.15, 0.2) is 30.9 Å². The molecule has 1 unspecified atom stereocenters. The molecule has 1 aromatic rings. The largest absolute Gasteiger partial charge is 0.493 e. The van der Waals surface area contributed by atoms with Crippen molar-refractivity contribution in [2.75, 3.05) is 6.61 Å². The average Bonchev–Trinajstić information content (AvgIpc) is 2.26. The molecule has 0 amide bonds. The van der Waals surface area contributed by atoms with Gasteiger partial charge >= 0.3 is 0 Å². The first kappa shape index (κ1) is 11.1. The van der Waals surface area contributed by atoms with Gasteiger partial charge in [-0.3, -0.25) is 0 Å². The van der Waals surface area contributed by atoms with Crippen LogP contribution in [0, 0.1) is 5.92 Å². The predicted octanol–water partition coefficient (Wildman–Crippen LogP) is 3.54. The summed E-state index contributed by atoms with van der Waals surface area (Å²) in [7, 11) is 0. The number of ether oxygens (including phenoxy) is 1. The molecule has 1 aliphatic rings. The van der Waals surface area contributed by atoms with Crippen LogP contribution in [0.4, 0.5) is 8.78 Å². The van der Waals surface area contributed by atoms with Crippen molar-refractivity contribution in [2.45, 2.75) is 19.3 Å². The van der Waals surface area contributed by atoms with Gasteiger partial charge in [0.15, 0.2) is 0 Å². The van der Waals surface area contributed by atoms with Crippen LogP contribution >= 0.6 is 0 Å². The second-order valence-corrected chi connectivity index (χ2v) is 4.22. The third-order valence-corrected chi connectivity index (χ3v) is 2.84. The first-order valence-electron chi connectivity index (χ1n) is 5.27. The fourth-order valence-corrected chi connectivity index (χ4v) is 1.82. The number of hydrogen-bond acceptors (Lipinski definition) is 1. The maximum atomic E-state index is 13.1. The first-order valence-corrected chi connectivity index (χ1v) is 5.27. The SMILES string of the molecule is C=CC1COc2cc(C(C)(F)F)ccc2C1. The second-order valence-electron chi connectivity index (χ2n) is 4.22. The van der Waals surface area contributed by atoms with E-state index in [0.717, 1.165) is 18.9 Å². The lowest BCUT2D eigenvalue weighted by molar-refractivity contribution is 0.0171. The van der Waals surface area contributed by atoms with Crippen LogP contribution in [0.3, 0.4) is 0 Å². The number of alkyl halides is 2.